The second-order valence-corrected chi connectivity index (χ2v) is 8.50. The van der Waals surface area contributed by atoms with Gasteiger partial charge in [0.05, 0.1) is 6.26 Å². The maximum Gasteiger partial charge on any atom is 0.394 e. The van der Waals surface area contributed by atoms with Crippen molar-refractivity contribution in [1.82, 2.24) is 9.62 Å². The molecule has 2 unspecified atom stereocenters. The van der Waals surface area contributed by atoms with Gasteiger partial charge in [0, 0.05) is 30.9 Å². The van der Waals surface area contributed by atoms with Crippen molar-refractivity contribution < 1.29 is 25.9 Å². The van der Waals surface area contributed by atoms with Crippen LogP contribution in [0.5, 0.6) is 0 Å². The summed E-state index contributed by atoms with van der Waals surface area (Å²) in [5.74, 6) is 0.254. The number of rotatable bonds is 6. The third-order valence-electron chi connectivity index (χ3n) is 3.51. The van der Waals surface area contributed by atoms with Crippen molar-refractivity contribution in [3.05, 3.63) is 23.9 Å². The molecule has 142 valence electrons. The highest BCUT2D eigenvalue weighted by Crippen LogP contribution is 2.25. The molecule has 9 nitrogen and oxygen atoms in total. The first-order chi connectivity index (χ1) is 10.7. The Morgan fingerprint density at radius 2 is 1.83 bits per heavy atom. The van der Waals surface area contributed by atoms with Crippen LogP contribution in [0.3, 0.4) is 0 Å². The van der Waals surface area contributed by atoms with Crippen molar-refractivity contribution in [3.63, 3.8) is 0 Å². The predicted molar refractivity (Wildman–Crippen MR) is 93.3 cm³/mol. The van der Waals surface area contributed by atoms with E-state index in [1.54, 1.807) is 0 Å². The van der Waals surface area contributed by atoms with Gasteiger partial charge < -0.3 is 10.6 Å². The fraction of sp³-hybridized carbons (Fsp3) is 0.692. The van der Waals surface area contributed by atoms with Crippen LogP contribution in [0.25, 0.3) is 0 Å². The summed E-state index contributed by atoms with van der Waals surface area (Å²) in [5.41, 5.74) is 6.93. The van der Waals surface area contributed by atoms with Crippen LogP contribution in [0.4, 0.5) is 0 Å². The molecular weight excluding hydrogens is 358 g/mol. The largest absolute Gasteiger partial charge is 0.394 e. The van der Waals surface area contributed by atoms with Gasteiger partial charge in [-0.3, -0.25) is 9.11 Å². The van der Waals surface area contributed by atoms with E-state index in [4.69, 9.17) is 23.3 Å². The first-order valence-electron chi connectivity index (χ1n) is 7.25. The molecule has 2 atom stereocenters. The average Bonchev–Trinajstić information content (AvgIpc) is 2.35. The Morgan fingerprint density at radius 1 is 1.33 bits per heavy atom. The highest BCUT2D eigenvalue weighted by molar-refractivity contribution is 7.88. The van der Waals surface area contributed by atoms with Crippen LogP contribution >= 0.6 is 0 Å². The molecule has 0 fully saturated rings. The normalized spacial score (nSPS) is 24.0. The van der Waals surface area contributed by atoms with Gasteiger partial charge in [0.15, 0.2) is 0 Å². The minimum atomic E-state index is -4.67. The van der Waals surface area contributed by atoms with Crippen molar-refractivity contribution in [2.45, 2.75) is 26.3 Å². The molecule has 0 saturated heterocycles. The minimum Gasteiger partial charge on any atom is -0.371 e. The molecule has 0 saturated carbocycles. The third kappa shape index (κ3) is 10.7. The Labute approximate surface area is 144 Å². The summed E-state index contributed by atoms with van der Waals surface area (Å²) in [6.45, 7) is 8.03. The van der Waals surface area contributed by atoms with Crippen molar-refractivity contribution >= 4 is 20.4 Å². The van der Waals surface area contributed by atoms with E-state index in [-0.39, 0.29) is 11.5 Å². The van der Waals surface area contributed by atoms with Crippen LogP contribution in [-0.2, 0) is 20.4 Å². The standard InChI is InChI=1S/C13H25N3O2S.H2O4S/c1-5-16(9-8-15-19(4,17)18)12-6-7-13(3,14)11(2)10-12;1-5(2,3)4/h6-7,10-11,15H,5,8-9,14H2,1-4H3;(H2,1,2,3,4). The van der Waals surface area contributed by atoms with Crippen molar-refractivity contribution in [1.29, 1.82) is 0 Å². The van der Waals surface area contributed by atoms with Gasteiger partial charge in [0.2, 0.25) is 10.0 Å². The monoisotopic (exact) mass is 385 g/mol. The highest BCUT2D eigenvalue weighted by Gasteiger charge is 2.26. The van der Waals surface area contributed by atoms with E-state index in [1.165, 1.54) is 6.26 Å². The lowest BCUT2D eigenvalue weighted by Gasteiger charge is -2.34. The average molecular weight is 386 g/mol. The summed E-state index contributed by atoms with van der Waals surface area (Å²) >= 11 is 0. The summed E-state index contributed by atoms with van der Waals surface area (Å²) in [6.07, 6.45) is 7.35. The summed E-state index contributed by atoms with van der Waals surface area (Å²) in [4.78, 5) is 2.14. The molecule has 1 rings (SSSR count). The van der Waals surface area contributed by atoms with Gasteiger partial charge in [-0.05, 0) is 25.8 Å². The Balaban J connectivity index is 0.000000922. The molecule has 0 aromatic carbocycles. The quantitative estimate of drug-likeness (QED) is 0.467. The number of nitrogens with zero attached hydrogens (tertiary/aromatic N) is 1. The van der Waals surface area contributed by atoms with E-state index in [9.17, 15) is 8.42 Å². The Hall–Kier alpha value is -0.980. The molecule has 0 amide bonds. The molecule has 0 bridgehead atoms. The maximum atomic E-state index is 11.0. The highest BCUT2D eigenvalue weighted by atomic mass is 32.3. The second-order valence-electron chi connectivity index (χ2n) is 5.77. The molecular formula is C13H27N3O6S2. The summed E-state index contributed by atoms with van der Waals surface area (Å²) in [6, 6.07) is 0. The lowest BCUT2D eigenvalue weighted by molar-refractivity contribution is 0.358. The SMILES string of the molecule is CCN(CCNS(C)(=O)=O)C1=CC(C)C(C)(N)C=C1.O=S(=O)(O)O. The van der Waals surface area contributed by atoms with Gasteiger partial charge in [0.25, 0.3) is 0 Å². The number of sulfonamides is 1. The number of hydrogen-bond donors (Lipinski definition) is 4. The van der Waals surface area contributed by atoms with Crippen molar-refractivity contribution in [3.8, 4) is 0 Å². The lowest BCUT2D eigenvalue weighted by atomic mass is 9.83. The summed E-state index contributed by atoms with van der Waals surface area (Å²) < 4.78 is 56.2. The van der Waals surface area contributed by atoms with E-state index < -0.39 is 20.4 Å². The Morgan fingerprint density at radius 3 is 2.21 bits per heavy atom. The van der Waals surface area contributed by atoms with Gasteiger partial charge in [-0.1, -0.05) is 19.1 Å². The Bertz CT molecular complexity index is 660. The molecule has 11 heteroatoms. The van der Waals surface area contributed by atoms with Crippen LogP contribution < -0.4 is 10.5 Å². The minimum absolute atomic E-state index is 0.254. The van der Waals surface area contributed by atoms with E-state index in [2.05, 4.69) is 29.5 Å². The van der Waals surface area contributed by atoms with Crippen LogP contribution in [0.2, 0.25) is 0 Å². The number of nitrogens with one attached hydrogen (secondary N) is 1. The van der Waals surface area contributed by atoms with Crippen molar-refractivity contribution in [2.75, 3.05) is 25.9 Å². The molecule has 24 heavy (non-hydrogen) atoms. The van der Waals surface area contributed by atoms with Gasteiger partial charge in [0.1, 0.15) is 0 Å². The zero-order valence-corrected chi connectivity index (χ0v) is 15.9. The van der Waals surface area contributed by atoms with E-state index in [0.29, 0.717) is 13.1 Å². The number of nitrogens with two attached hydrogens (primary N) is 1. The fourth-order valence-electron chi connectivity index (χ4n) is 1.95. The van der Waals surface area contributed by atoms with Gasteiger partial charge in [-0.15, -0.1) is 0 Å². The molecule has 0 aliphatic heterocycles. The van der Waals surface area contributed by atoms with E-state index >= 15 is 0 Å². The van der Waals surface area contributed by atoms with E-state index in [0.717, 1.165) is 12.2 Å². The van der Waals surface area contributed by atoms with E-state index in [1.807, 2.05) is 19.1 Å². The summed E-state index contributed by atoms with van der Waals surface area (Å²) in [7, 11) is -7.79. The first-order valence-corrected chi connectivity index (χ1v) is 10.5. The first kappa shape index (κ1) is 23.0. The fourth-order valence-corrected chi connectivity index (χ4v) is 2.42. The maximum absolute atomic E-state index is 11.0. The third-order valence-corrected chi connectivity index (χ3v) is 4.24. The predicted octanol–water partition coefficient (Wildman–Crippen LogP) is 0.0119. The van der Waals surface area contributed by atoms with Gasteiger partial charge >= 0.3 is 10.4 Å². The van der Waals surface area contributed by atoms with Crippen molar-refractivity contribution in [2.24, 2.45) is 11.7 Å². The molecule has 0 aromatic heterocycles. The van der Waals surface area contributed by atoms with Crippen LogP contribution in [-0.4, -0.2) is 62.3 Å². The molecule has 0 aromatic rings. The lowest BCUT2D eigenvalue weighted by Crippen LogP contribution is -2.43. The molecule has 5 N–H and O–H groups in total. The zero-order chi connectivity index (χ0) is 19.2. The smallest absolute Gasteiger partial charge is 0.371 e. The topological polar surface area (TPSA) is 150 Å². The van der Waals surface area contributed by atoms with Gasteiger partial charge in [-0.25, -0.2) is 13.1 Å². The van der Waals surface area contributed by atoms with Crippen LogP contribution in [0, 0.1) is 5.92 Å². The molecule has 1 aliphatic rings. The van der Waals surface area contributed by atoms with Gasteiger partial charge in [-0.2, -0.15) is 8.42 Å². The van der Waals surface area contributed by atoms with Crippen LogP contribution in [0.1, 0.15) is 20.8 Å². The molecule has 0 spiro atoms. The van der Waals surface area contributed by atoms with Crippen LogP contribution in [0.15, 0.2) is 23.9 Å². The molecule has 0 radical (unpaired) electrons. The molecule has 0 heterocycles. The number of hydrogen-bond acceptors (Lipinski definition) is 6. The number of likely N-dealkylation sites (N-methyl/N-ethyl adjacent to an activating group) is 1. The summed E-state index contributed by atoms with van der Waals surface area (Å²) in [5, 5.41) is 0. The zero-order valence-electron chi connectivity index (χ0n) is 14.3. The Kier molecular flexibility index (Phi) is 8.56. The second kappa shape index (κ2) is 8.92. The molecule has 1 aliphatic carbocycles. The number of allylic oxidation sites excluding steroid dienone is 1.